The SMILES string of the molecule is Cc1nc(-c2cccnc2)sc1-c1cc2ccn(C)c2c(C(=O)NCC(F)(F)F)n1. The van der Waals surface area contributed by atoms with Crippen molar-refractivity contribution in [3.8, 4) is 21.1 Å². The van der Waals surface area contributed by atoms with Gasteiger partial charge < -0.3 is 9.88 Å². The van der Waals surface area contributed by atoms with Gasteiger partial charge in [-0.1, -0.05) is 0 Å². The summed E-state index contributed by atoms with van der Waals surface area (Å²) in [6, 6.07) is 7.30. The maximum absolute atomic E-state index is 12.6. The number of fused-ring (bicyclic) bond motifs is 1. The first-order valence-electron chi connectivity index (χ1n) is 8.92. The molecule has 0 saturated carbocycles. The lowest BCUT2D eigenvalue weighted by atomic mass is 10.1. The Morgan fingerprint density at radius 3 is 2.77 bits per heavy atom. The Balaban J connectivity index is 1.80. The van der Waals surface area contributed by atoms with Gasteiger partial charge in [0.15, 0.2) is 5.69 Å². The number of hydrogen-bond donors (Lipinski definition) is 1. The van der Waals surface area contributed by atoms with E-state index in [1.54, 1.807) is 36.3 Å². The Kier molecular flexibility index (Phi) is 5.02. The van der Waals surface area contributed by atoms with Crippen molar-refractivity contribution in [3.05, 3.63) is 54.2 Å². The second-order valence-electron chi connectivity index (χ2n) is 6.69. The van der Waals surface area contributed by atoms with Gasteiger partial charge in [-0.15, -0.1) is 11.3 Å². The van der Waals surface area contributed by atoms with Crippen LogP contribution in [0.3, 0.4) is 0 Å². The van der Waals surface area contributed by atoms with Crippen LogP contribution in [0.15, 0.2) is 42.9 Å². The molecule has 30 heavy (non-hydrogen) atoms. The minimum Gasteiger partial charge on any atom is -0.349 e. The summed E-state index contributed by atoms with van der Waals surface area (Å²) in [6.45, 7) is 0.403. The number of carbonyl (C=O) groups excluding carboxylic acids is 1. The summed E-state index contributed by atoms with van der Waals surface area (Å²) in [6.07, 6.45) is 0.595. The van der Waals surface area contributed by atoms with Gasteiger partial charge >= 0.3 is 6.18 Å². The Morgan fingerprint density at radius 2 is 2.07 bits per heavy atom. The fourth-order valence-corrected chi connectivity index (χ4v) is 4.13. The third-order valence-corrected chi connectivity index (χ3v) is 5.68. The zero-order valence-electron chi connectivity index (χ0n) is 16.0. The van der Waals surface area contributed by atoms with E-state index in [1.807, 2.05) is 30.4 Å². The van der Waals surface area contributed by atoms with E-state index in [9.17, 15) is 18.0 Å². The van der Waals surface area contributed by atoms with Crippen molar-refractivity contribution in [1.29, 1.82) is 0 Å². The molecule has 0 radical (unpaired) electrons. The minimum absolute atomic E-state index is 0.0602. The van der Waals surface area contributed by atoms with Gasteiger partial charge in [0.05, 0.1) is 21.8 Å². The topological polar surface area (TPSA) is 72.7 Å². The van der Waals surface area contributed by atoms with Crippen molar-refractivity contribution in [3.63, 3.8) is 0 Å². The maximum atomic E-state index is 12.6. The highest BCUT2D eigenvalue weighted by Gasteiger charge is 2.29. The molecule has 1 N–H and O–H groups in total. The highest BCUT2D eigenvalue weighted by molar-refractivity contribution is 7.18. The molecule has 0 unspecified atom stereocenters. The van der Waals surface area contributed by atoms with Crippen LogP contribution in [0.4, 0.5) is 13.2 Å². The smallest absolute Gasteiger partial charge is 0.349 e. The summed E-state index contributed by atoms with van der Waals surface area (Å²) >= 11 is 1.39. The quantitative estimate of drug-likeness (QED) is 0.521. The van der Waals surface area contributed by atoms with Crippen molar-refractivity contribution in [1.82, 2.24) is 24.8 Å². The highest BCUT2D eigenvalue weighted by Crippen LogP contribution is 2.35. The van der Waals surface area contributed by atoms with Gasteiger partial charge in [0, 0.05) is 36.6 Å². The number of halogens is 3. The fourth-order valence-electron chi connectivity index (χ4n) is 3.11. The zero-order valence-corrected chi connectivity index (χ0v) is 16.8. The van der Waals surface area contributed by atoms with Crippen LogP contribution < -0.4 is 5.32 Å². The van der Waals surface area contributed by atoms with Gasteiger partial charge in [-0.25, -0.2) is 9.97 Å². The third-order valence-electron chi connectivity index (χ3n) is 4.45. The molecular formula is C20H16F3N5OS. The summed E-state index contributed by atoms with van der Waals surface area (Å²) in [7, 11) is 1.71. The second-order valence-corrected chi connectivity index (χ2v) is 7.69. The molecule has 154 valence electrons. The molecule has 4 aromatic rings. The van der Waals surface area contributed by atoms with Crippen LogP contribution in [0.5, 0.6) is 0 Å². The Morgan fingerprint density at radius 1 is 1.27 bits per heavy atom. The Hall–Kier alpha value is -3.27. The molecule has 0 saturated heterocycles. The Labute approximate surface area is 173 Å². The number of aromatic nitrogens is 4. The number of pyridine rings is 2. The summed E-state index contributed by atoms with van der Waals surface area (Å²) in [4.78, 5) is 26.4. The minimum atomic E-state index is -4.51. The van der Waals surface area contributed by atoms with Crippen LogP contribution >= 0.6 is 11.3 Å². The zero-order chi connectivity index (χ0) is 21.5. The van der Waals surface area contributed by atoms with Crippen LogP contribution in [-0.2, 0) is 7.05 Å². The van der Waals surface area contributed by atoms with Crippen molar-refractivity contribution in [2.24, 2.45) is 7.05 Å². The number of carbonyl (C=O) groups is 1. The van der Waals surface area contributed by atoms with Gasteiger partial charge in [0.25, 0.3) is 5.91 Å². The van der Waals surface area contributed by atoms with Crippen LogP contribution in [0, 0.1) is 6.92 Å². The highest BCUT2D eigenvalue weighted by atomic mass is 32.1. The molecule has 1 amide bonds. The average Bonchev–Trinajstić information content (AvgIpc) is 3.28. The summed E-state index contributed by atoms with van der Waals surface area (Å²) in [5.74, 6) is -0.879. The number of nitrogens with zero attached hydrogens (tertiary/aromatic N) is 4. The number of thiazole rings is 1. The summed E-state index contributed by atoms with van der Waals surface area (Å²) in [5.41, 5.74) is 2.45. The first-order chi connectivity index (χ1) is 14.2. The average molecular weight is 431 g/mol. The van der Waals surface area contributed by atoms with Crippen molar-refractivity contribution < 1.29 is 18.0 Å². The molecule has 0 aliphatic heterocycles. The molecule has 0 spiro atoms. The third kappa shape index (κ3) is 3.90. The van der Waals surface area contributed by atoms with Crippen LogP contribution in [-0.4, -0.2) is 38.1 Å². The summed E-state index contributed by atoms with van der Waals surface area (Å²) in [5, 5.41) is 3.36. The molecule has 0 aliphatic carbocycles. The molecule has 10 heteroatoms. The number of amides is 1. The predicted octanol–water partition coefficient (Wildman–Crippen LogP) is 4.36. The number of nitrogens with one attached hydrogen (secondary N) is 1. The second kappa shape index (κ2) is 7.52. The predicted molar refractivity (Wildman–Crippen MR) is 108 cm³/mol. The summed E-state index contributed by atoms with van der Waals surface area (Å²) < 4.78 is 39.4. The van der Waals surface area contributed by atoms with Crippen LogP contribution in [0.2, 0.25) is 0 Å². The molecule has 0 fully saturated rings. The molecule has 6 nitrogen and oxygen atoms in total. The van der Waals surface area contributed by atoms with E-state index in [2.05, 4.69) is 15.0 Å². The van der Waals surface area contributed by atoms with Gasteiger partial charge in [0.1, 0.15) is 11.6 Å². The molecule has 4 heterocycles. The number of hydrogen-bond acceptors (Lipinski definition) is 5. The number of rotatable bonds is 4. The van der Waals surface area contributed by atoms with Gasteiger partial charge in [-0.2, -0.15) is 13.2 Å². The molecular weight excluding hydrogens is 415 g/mol. The van der Waals surface area contributed by atoms with E-state index in [-0.39, 0.29) is 5.69 Å². The van der Waals surface area contributed by atoms with Crippen molar-refractivity contribution >= 4 is 28.1 Å². The standard InChI is InChI=1S/C20H16F3N5OS/c1-11-17(30-19(26-11)13-4-3-6-24-9-13)14-8-12-5-7-28(2)16(12)15(27-14)18(29)25-10-20(21,22)23/h3-9H,10H2,1-2H3,(H,25,29). The molecule has 0 bridgehead atoms. The lowest BCUT2D eigenvalue weighted by Crippen LogP contribution is -2.34. The van der Waals surface area contributed by atoms with E-state index >= 15 is 0 Å². The molecule has 4 aromatic heterocycles. The van der Waals surface area contributed by atoms with E-state index in [1.165, 1.54) is 11.3 Å². The fraction of sp³-hybridized carbons (Fsp3) is 0.200. The van der Waals surface area contributed by atoms with Crippen LogP contribution in [0.25, 0.3) is 32.0 Å². The lowest BCUT2D eigenvalue weighted by Gasteiger charge is -2.11. The molecule has 0 aromatic carbocycles. The first kappa shape index (κ1) is 20.0. The monoisotopic (exact) mass is 431 g/mol. The van der Waals surface area contributed by atoms with E-state index in [0.29, 0.717) is 22.3 Å². The van der Waals surface area contributed by atoms with E-state index in [4.69, 9.17) is 0 Å². The number of alkyl halides is 3. The van der Waals surface area contributed by atoms with E-state index in [0.717, 1.165) is 15.4 Å². The van der Waals surface area contributed by atoms with Crippen molar-refractivity contribution in [2.75, 3.05) is 6.54 Å². The van der Waals surface area contributed by atoms with Gasteiger partial charge in [0.2, 0.25) is 0 Å². The lowest BCUT2D eigenvalue weighted by molar-refractivity contribution is -0.123. The largest absolute Gasteiger partial charge is 0.405 e. The normalized spacial score (nSPS) is 11.8. The van der Waals surface area contributed by atoms with Crippen LogP contribution in [0.1, 0.15) is 16.2 Å². The van der Waals surface area contributed by atoms with Crippen molar-refractivity contribution in [2.45, 2.75) is 13.1 Å². The number of aryl methyl sites for hydroxylation is 2. The van der Waals surface area contributed by atoms with Gasteiger partial charge in [-0.05, 0) is 31.2 Å². The molecule has 0 aliphatic rings. The van der Waals surface area contributed by atoms with E-state index < -0.39 is 18.6 Å². The molecule has 0 atom stereocenters. The maximum Gasteiger partial charge on any atom is 0.405 e. The molecule has 4 rings (SSSR count). The first-order valence-corrected chi connectivity index (χ1v) is 9.74. The van der Waals surface area contributed by atoms with Gasteiger partial charge in [-0.3, -0.25) is 9.78 Å². The Bertz CT molecular complexity index is 1230.